The van der Waals surface area contributed by atoms with E-state index in [0.29, 0.717) is 17.1 Å². The SMILES string of the molecule is CCC(C)(CC)CN1CCC(CNC(=O)c2ccc3cc(Cl)ccc3c2)NC(CCN2CCCCC2)C1=O. The van der Waals surface area contributed by atoms with Gasteiger partial charge in [0.1, 0.15) is 0 Å². The van der Waals surface area contributed by atoms with Gasteiger partial charge in [0, 0.05) is 42.8 Å². The lowest BCUT2D eigenvalue weighted by atomic mass is 9.84. The Morgan fingerprint density at radius 3 is 2.50 bits per heavy atom. The molecule has 6 nitrogen and oxygen atoms in total. The number of fused-ring (bicyclic) bond motifs is 1. The number of likely N-dealkylation sites (tertiary alicyclic amines) is 1. The number of nitrogens with zero attached hydrogens (tertiary/aromatic N) is 2. The van der Waals surface area contributed by atoms with Crippen LogP contribution in [0.5, 0.6) is 0 Å². The summed E-state index contributed by atoms with van der Waals surface area (Å²) >= 11 is 6.10. The van der Waals surface area contributed by atoms with Gasteiger partial charge in [-0.05, 0) is 92.1 Å². The van der Waals surface area contributed by atoms with E-state index in [9.17, 15) is 9.59 Å². The standard InChI is InChI=1S/C31H45ClN4O2/c1-4-31(3,5-2)22-36-18-13-27(34-28(30(36)38)14-17-35-15-7-6-8-16-35)21-33-29(37)25-10-9-24-20-26(32)12-11-23(24)19-25/h9-12,19-20,27-28,34H,4-8,13-18,21-22H2,1-3H3,(H,33,37). The molecule has 2 amide bonds. The molecule has 0 aromatic heterocycles. The van der Waals surface area contributed by atoms with Crippen molar-refractivity contribution in [2.24, 2.45) is 5.41 Å². The van der Waals surface area contributed by atoms with Gasteiger partial charge in [-0.2, -0.15) is 0 Å². The lowest BCUT2D eigenvalue weighted by Gasteiger charge is -2.35. The molecule has 0 saturated carbocycles. The fourth-order valence-corrected chi connectivity index (χ4v) is 5.89. The maximum absolute atomic E-state index is 13.7. The Labute approximate surface area is 233 Å². The molecule has 38 heavy (non-hydrogen) atoms. The fraction of sp³-hybridized carbons (Fsp3) is 0.613. The van der Waals surface area contributed by atoms with Crippen molar-refractivity contribution in [1.29, 1.82) is 0 Å². The lowest BCUT2D eigenvalue weighted by Crippen LogP contribution is -2.51. The third-order valence-electron chi connectivity index (χ3n) is 8.83. The van der Waals surface area contributed by atoms with Crippen molar-refractivity contribution in [1.82, 2.24) is 20.4 Å². The molecule has 2 aliphatic heterocycles. The molecule has 2 atom stereocenters. The van der Waals surface area contributed by atoms with E-state index >= 15 is 0 Å². The van der Waals surface area contributed by atoms with E-state index in [1.54, 1.807) is 0 Å². The highest BCUT2D eigenvalue weighted by atomic mass is 35.5. The summed E-state index contributed by atoms with van der Waals surface area (Å²) in [4.78, 5) is 31.4. The molecule has 0 spiro atoms. The van der Waals surface area contributed by atoms with Gasteiger partial charge in [-0.25, -0.2) is 0 Å². The van der Waals surface area contributed by atoms with Crippen molar-refractivity contribution in [3.8, 4) is 0 Å². The number of amides is 2. The second-order valence-corrected chi connectivity index (χ2v) is 12.0. The number of carbonyl (C=O) groups is 2. The van der Waals surface area contributed by atoms with Gasteiger partial charge in [0.05, 0.1) is 6.04 Å². The molecule has 0 aliphatic carbocycles. The van der Waals surface area contributed by atoms with Crippen molar-refractivity contribution in [2.75, 3.05) is 39.3 Å². The quantitative estimate of drug-likeness (QED) is 0.418. The highest BCUT2D eigenvalue weighted by Crippen LogP contribution is 2.28. The first-order valence-corrected chi connectivity index (χ1v) is 14.9. The van der Waals surface area contributed by atoms with E-state index in [2.05, 4.69) is 41.2 Å². The maximum Gasteiger partial charge on any atom is 0.251 e. The smallest absolute Gasteiger partial charge is 0.251 e. The van der Waals surface area contributed by atoms with Gasteiger partial charge in [-0.3, -0.25) is 9.59 Å². The summed E-state index contributed by atoms with van der Waals surface area (Å²) in [5.74, 6) is 0.127. The molecule has 0 radical (unpaired) electrons. The monoisotopic (exact) mass is 540 g/mol. The van der Waals surface area contributed by atoms with Crippen molar-refractivity contribution in [2.45, 2.75) is 77.8 Å². The largest absolute Gasteiger partial charge is 0.350 e. The molecule has 2 fully saturated rings. The molecule has 2 heterocycles. The van der Waals surface area contributed by atoms with Crippen molar-refractivity contribution in [3.63, 3.8) is 0 Å². The minimum absolute atomic E-state index is 0.0491. The van der Waals surface area contributed by atoms with Crippen LogP contribution in [0.1, 0.15) is 76.1 Å². The Bertz CT molecular complexity index is 1100. The lowest BCUT2D eigenvalue weighted by molar-refractivity contribution is -0.134. The first-order valence-electron chi connectivity index (χ1n) is 14.5. The Morgan fingerprint density at radius 2 is 1.76 bits per heavy atom. The van der Waals surface area contributed by atoms with Crippen LogP contribution in [0.2, 0.25) is 5.02 Å². The summed E-state index contributed by atoms with van der Waals surface area (Å²) < 4.78 is 0. The van der Waals surface area contributed by atoms with Crippen LogP contribution in [-0.4, -0.2) is 73.0 Å². The third-order valence-corrected chi connectivity index (χ3v) is 9.07. The molecule has 208 valence electrons. The number of benzene rings is 2. The average Bonchev–Trinajstić information content (AvgIpc) is 3.08. The van der Waals surface area contributed by atoms with Crippen LogP contribution in [0.25, 0.3) is 10.8 Å². The number of carbonyl (C=O) groups excluding carboxylic acids is 2. The Hall–Kier alpha value is -2.15. The topological polar surface area (TPSA) is 64.7 Å². The van der Waals surface area contributed by atoms with Gasteiger partial charge in [0.25, 0.3) is 5.91 Å². The molecule has 2 unspecified atom stereocenters. The van der Waals surface area contributed by atoms with Gasteiger partial charge >= 0.3 is 0 Å². The second kappa shape index (κ2) is 13.3. The van der Waals surface area contributed by atoms with E-state index in [-0.39, 0.29) is 29.3 Å². The minimum Gasteiger partial charge on any atom is -0.350 e. The van der Waals surface area contributed by atoms with Crippen molar-refractivity contribution >= 4 is 34.2 Å². The van der Waals surface area contributed by atoms with E-state index in [1.807, 2.05) is 36.4 Å². The molecular weight excluding hydrogens is 496 g/mol. The summed E-state index contributed by atoms with van der Waals surface area (Å²) in [5.41, 5.74) is 0.760. The fourth-order valence-electron chi connectivity index (χ4n) is 5.71. The number of rotatable bonds is 10. The molecule has 0 bridgehead atoms. The summed E-state index contributed by atoms with van der Waals surface area (Å²) in [5, 5.41) is 9.47. The zero-order valence-corrected chi connectivity index (χ0v) is 24.2. The van der Waals surface area contributed by atoms with Crippen LogP contribution in [0.3, 0.4) is 0 Å². The van der Waals surface area contributed by atoms with Crippen LogP contribution in [0.15, 0.2) is 36.4 Å². The molecule has 2 aromatic carbocycles. The van der Waals surface area contributed by atoms with Crippen molar-refractivity contribution < 1.29 is 9.59 Å². The molecule has 2 aromatic rings. The highest BCUT2D eigenvalue weighted by Gasteiger charge is 2.34. The van der Waals surface area contributed by atoms with E-state index in [1.165, 1.54) is 19.3 Å². The first kappa shape index (κ1) is 28.8. The number of nitrogens with one attached hydrogen (secondary N) is 2. The Morgan fingerprint density at radius 1 is 1.05 bits per heavy atom. The number of hydrogen-bond acceptors (Lipinski definition) is 4. The van der Waals surface area contributed by atoms with Crippen LogP contribution in [0.4, 0.5) is 0 Å². The van der Waals surface area contributed by atoms with Crippen LogP contribution < -0.4 is 10.6 Å². The molecule has 2 aliphatic rings. The zero-order valence-electron chi connectivity index (χ0n) is 23.4. The minimum atomic E-state index is -0.218. The van der Waals surface area contributed by atoms with Crippen LogP contribution in [-0.2, 0) is 4.79 Å². The molecule has 7 heteroatoms. The van der Waals surface area contributed by atoms with Crippen molar-refractivity contribution in [3.05, 3.63) is 47.0 Å². The van der Waals surface area contributed by atoms with Gasteiger partial charge in [0.2, 0.25) is 5.91 Å². The Balaban J connectivity index is 1.42. The number of piperidine rings is 1. The number of halogens is 1. The maximum atomic E-state index is 13.7. The number of hydrogen-bond donors (Lipinski definition) is 2. The normalized spacial score (nSPS) is 21.5. The molecular formula is C31H45ClN4O2. The van der Waals surface area contributed by atoms with Gasteiger partial charge in [-0.1, -0.05) is 50.9 Å². The predicted molar refractivity (Wildman–Crippen MR) is 157 cm³/mol. The highest BCUT2D eigenvalue weighted by molar-refractivity contribution is 6.31. The second-order valence-electron chi connectivity index (χ2n) is 11.6. The molecule has 4 rings (SSSR count). The van der Waals surface area contributed by atoms with E-state index in [4.69, 9.17) is 11.6 Å². The van der Waals surface area contributed by atoms with E-state index < -0.39 is 0 Å². The Kier molecular flexibility index (Phi) is 10.1. The van der Waals surface area contributed by atoms with E-state index in [0.717, 1.165) is 69.2 Å². The van der Waals surface area contributed by atoms with Crippen LogP contribution in [0, 0.1) is 5.41 Å². The van der Waals surface area contributed by atoms with Gasteiger partial charge in [-0.15, -0.1) is 0 Å². The molecule has 2 N–H and O–H groups in total. The van der Waals surface area contributed by atoms with Gasteiger partial charge < -0.3 is 20.4 Å². The summed E-state index contributed by atoms with van der Waals surface area (Å²) in [7, 11) is 0. The average molecular weight is 541 g/mol. The zero-order chi connectivity index (χ0) is 27.1. The first-order chi connectivity index (χ1) is 18.3. The van der Waals surface area contributed by atoms with Crippen LogP contribution >= 0.6 is 11.6 Å². The van der Waals surface area contributed by atoms with Gasteiger partial charge in [0.15, 0.2) is 0 Å². The third kappa shape index (κ3) is 7.49. The predicted octanol–water partition coefficient (Wildman–Crippen LogP) is 5.48. The molecule has 2 saturated heterocycles. The summed E-state index contributed by atoms with van der Waals surface area (Å²) in [6, 6.07) is 11.2. The summed E-state index contributed by atoms with van der Waals surface area (Å²) in [6.45, 7) is 11.9. The summed E-state index contributed by atoms with van der Waals surface area (Å²) in [6.07, 6.45) is 7.55.